The Balaban J connectivity index is 1.93. The molecular formula is C26H38N4O2S. The number of aliphatic hydroxyl groups is 1. The first-order valence-corrected chi connectivity index (χ1v) is 14.5. The molecule has 0 spiro atoms. The van der Waals surface area contributed by atoms with Crippen LogP contribution in [0.5, 0.6) is 0 Å². The summed E-state index contributed by atoms with van der Waals surface area (Å²) < 4.78 is 10.0. The van der Waals surface area contributed by atoms with Gasteiger partial charge in [0.25, 0.3) is 0 Å². The highest BCUT2D eigenvalue weighted by Gasteiger charge is 2.16. The minimum absolute atomic E-state index is 0.361. The normalized spacial score (nSPS) is 13.7. The van der Waals surface area contributed by atoms with E-state index >= 15 is 0 Å². The molecule has 180 valence electrons. The predicted molar refractivity (Wildman–Crippen MR) is 140 cm³/mol. The van der Waals surface area contributed by atoms with Gasteiger partial charge in [0.15, 0.2) is 0 Å². The molecule has 0 bridgehead atoms. The SMILES string of the molecule is CCCC(C)n1cc(-c2cnn(COCCS(C)(C)C)c2)c2cc(C#CC(C)(C)O)ncc21. The van der Waals surface area contributed by atoms with Crippen LogP contribution in [0.4, 0.5) is 0 Å². The molecule has 33 heavy (non-hydrogen) atoms. The predicted octanol–water partition coefficient (Wildman–Crippen LogP) is 5.05. The van der Waals surface area contributed by atoms with Crippen molar-refractivity contribution in [3.8, 4) is 23.0 Å². The summed E-state index contributed by atoms with van der Waals surface area (Å²) in [4.78, 5) is 4.55. The van der Waals surface area contributed by atoms with Gasteiger partial charge < -0.3 is 14.4 Å². The van der Waals surface area contributed by atoms with Gasteiger partial charge in [-0.25, -0.2) is 19.7 Å². The Morgan fingerprint density at radius 1 is 1.21 bits per heavy atom. The monoisotopic (exact) mass is 470 g/mol. The smallest absolute Gasteiger partial charge is 0.139 e. The average molecular weight is 471 g/mol. The summed E-state index contributed by atoms with van der Waals surface area (Å²) in [5.74, 6) is 6.96. The van der Waals surface area contributed by atoms with Gasteiger partial charge in [-0.05, 0) is 57.9 Å². The summed E-state index contributed by atoms with van der Waals surface area (Å²) in [6, 6.07) is 2.37. The Bertz CT molecular complexity index is 1140. The van der Waals surface area contributed by atoms with Crippen molar-refractivity contribution < 1.29 is 9.84 Å². The fraction of sp³-hybridized carbons (Fsp3) is 0.538. The molecule has 3 rings (SSSR count). The third-order valence-corrected chi connectivity index (χ3v) is 6.80. The van der Waals surface area contributed by atoms with Gasteiger partial charge in [-0.15, -0.1) is 0 Å². The summed E-state index contributed by atoms with van der Waals surface area (Å²) >= 11 is 0. The fourth-order valence-electron chi connectivity index (χ4n) is 3.62. The molecule has 3 aromatic rings. The number of hydrogen-bond acceptors (Lipinski definition) is 4. The zero-order chi connectivity index (χ0) is 24.2. The maximum atomic E-state index is 9.97. The quantitative estimate of drug-likeness (QED) is 0.351. The van der Waals surface area contributed by atoms with Crippen molar-refractivity contribution in [3.05, 3.63) is 36.5 Å². The molecule has 0 aliphatic carbocycles. The molecule has 0 saturated carbocycles. The highest BCUT2D eigenvalue weighted by molar-refractivity contribution is 8.32. The zero-order valence-electron chi connectivity index (χ0n) is 21.1. The second kappa shape index (κ2) is 10.3. The van der Waals surface area contributed by atoms with Crippen LogP contribution in [0.25, 0.3) is 22.0 Å². The van der Waals surface area contributed by atoms with Crippen LogP contribution in [0.15, 0.2) is 30.9 Å². The molecule has 1 unspecified atom stereocenters. The van der Waals surface area contributed by atoms with Crippen molar-refractivity contribution in [2.24, 2.45) is 0 Å². The lowest BCUT2D eigenvalue weighted by atomic mass is 10.1. The first kappa shape index (κ1) is 25.4. The molecule has 3 aromatic heterocycles. The van der Waals surface area contributed by atoms with Crippen molar-refractivity contribution in [3.63, 3.8) is 0 Å². The van der Waals surface area contributed by atoms with E-state index in [4.69, 9.17) is 4.74 Å². The molecule has 7 heteroatoms. The van der Waals surface area contributed by atoms with E-state index in [1.165, 1.54) is 0 Å². The third-order valence-electron chi connectivity index (χ3n) is 5.41. The summed E-state index contributed by atoms with van der Waals surface area (Å²) in [6.45, 7) is 8.99. The van der Waals surface area contributed by atoms with E-state index in [-0.39, 0.29) is 0 Å². The van der Waals surface area contributed by atoms with Crippen LogP contribution in [-0.2, 0) is 11.5 Å². The number of pyridine rings is 1. The highest BCUT2D eigenvalue weighted by Crippen LogP contribution is 2.34. The zero-order valence-corrected chi connectivity index (χ0v) is 21.9. The number of nitrogens with zero attached hydrogens (tertiary/aromatic N) is 4. The first-order valence-electron chi connectivity index (χ1n) is 11.5. The first-order chi connectivity index (χ1) is 15.5. The summed E-state index contributed by atoms with van der Waals surface area (Å²) in [6.07, 6.45) is 17.1. The number of hydrogen-bond donors (Lipinski definition) is 1. The average Bonchev–Trinajstić information content (AvgIpc) is 3.33. The van der Waals surface area contributed by atoms with Crippen molar-refractivity contribution in [1.29, 1.82) is 0 Å². The Labute approximate surface area is 199 Å². The van der Waals surface area contributed by atoms with E-state index in [0.29, 0.717) is 18.5 Å². The number of fused-ring (bicyclic) bond motifs is 1. The number of rotatable bonds is 9. The lowest BCUT2D eigenvalue weighted by Gasteiger charge is -2.24. The molecule has 0 saturated heterocycles. The minimum Gasteiger partial charge on any atom is -0.378 e. The second-order valence-electron chi connectivity index (χ2n) is 10.1. The van der Waals surface area contributed by atoms with Crippen LogP contribution in [0.2, 0.25) is 0 Å². The van der Waals surface area contributed by atoms with Crippen molar-refractivity contribution in [2.45, 2.75) is 58.9 Å². The van der Waals surface area contributed by atoms with Gasteiger partial charge in [0.05, 0.1) is 24.5 Å². The molecule has 0 radical (unpaired) electrons. The minimum atomic E-state index is -1.06. The molecular weight excluding hydrogens is 432 g/mol. The Hall–Kier alpha value is -2.27. The third kappa shape index (κ3) is 7.10. The standard InChI is InChI=1S/C26H38N4O2S/c1-8-9-20(2)30-18-24(21-15-28-29(17-21)19-32-12-13-33(5,6)7)23-14-22(27-16-25(23)30)10-11-26(3,4)31/h14-18,20,31H,8-9,12-13,19H2,1-7H3. The maximum Gasteiger partial charge on any atom is 0.139 e. The van der Waals surface area contributed by atoms with Crippen LogP contribution in [0.1, 0.15) is 52.3 Å². The molecule has 3 heterocycles. The molecule has 0 aliphatic heterocycles. The Kier molecular flexibility index (Phi) is 7.94. The maximum absolute atomic E-state index is 9.97. The summed E-state index contributed by atoms with van der Waals surface area (Å²) in [5.41, 5.74) is 2.81. The van der Waals surface area contributed by atoms with Crippen LogP contribution in [0, 0.1) is 11.8 Å². The lowest BCUT2D eigenvalue weighted by molar-refractivity contribution is 0.0809. The molecule has 1 N–H and O–H groups in total. The summed E-state index contributed by atoms with van der Waals surface area (Å²) in [7, 11) is -0.559. The number of ether oxygens (including phenoxy) is 1. The number of aromatic nitrogens is 4. The van der Waals surface area contributed by atoms with E-state index < -0.39 is 15.6 Å². The van der Waals surface area contributed by atoms with Gasteiger partial charge >= 0.3 is 0 Å². The fourth-order valence-corrected chi connectivity index (χ4v) is 4.24. The molecule has 0 amide bonds. The van der Waals surface area contributed by atoms with Crippen molar-refractivity contribution in [1.82, 2.24) is 19.3 Å². The van der Waals surface area contributed by atoms with E-state index in [2.05, 4.69) is 65.3 Å². The van der Waals surface area contributed by atoms with Crippen LogP contribution in [0.3, 0.4) is 0 Å². The van der Waals surface area contributed by atoms with Crippen molar-refractivity contribution in [2.75, 3.05) is 31.1 Å². The van der Waals surface area contributed by atoms with E-state index in [1.54, 1.807) is 13.8 Å². The van der Waals surface area contributed by atoms with Crippen LogP contribution < -0.4 is 0 Å². The lowest BCUT2D eigenvalue weighted by Crippen LogP contribution is -2.14. The molecule has 6 nitrogen and oxygen atoms in total. The highest BCUT2D eigenvalue weighted by atomic mass is 32.3. The molecule has 0 aliphatic rings. The van der Waals surface area contributed by atoms with Gasteiger partial charge in [-0.1, -0.05) is 19.3 Å². The van der Waals surface area contributed by atoms with Crippen LogP contribution >= 0.6 is 10.0 Å². The second-order valence-corrected chi connectivity index (χ2v) is 14.7. The van der Waals surface area contributed by atoms with Crippen LogP contribution in [-0.4, -0.2) is 61.2 Å². The van der Waals surface area contributed by atoms with E-state index in [1.807, 2.05) is 29.3 Å². The van der Waals surface area contributed by atoms with Gasteiger partial charge in [-0.3, -0.25) is 0 Å². The van der Waals surface area contributed by atoms with Gasteiger partial charge in [0.1, 0.15) is 18.0 Å². The van der Waals surface area contributed by atoms with E-state index in [0.717, 1.165) is 47.2 Å². The van der Waals surface area contributed by atoms with Gasteiger partial charge in [-0.2, -0.15) is 5.10 Å². The topological polar surface area (TPSA) is 65.1 Å². The van der Waals surface area contributed by atoms with E-state index in [9.17, 15) is 5.11 Å². The van der Waals surface area contributed by atoms with Gasteiger partial charge in [0.2, 0.25) is 0 Å². The van der Waals surface area contributed by atoms with Crippen molar-refractivity contribution >= 4 is 20.9 Å². The summed E-state index contributed by atoms with van der Waals surface area (Å²) in [5, 5.41) is 15.6. The molecule has 1 atom stereocenters. The molecule has 0 aromatic carbocycles. The Morgan fingerprint density at radius 3 is 2.64 bits per heavy atom. The molecule has 0 fully saturated rings. The largest absolute Gasteiger partial charge is 0.378 e. The van der Waals surface area contributed by atoms with Gasteiger partial charge in [0, 0.05) is 40.7 Å². The Morgan fingerprint density at radius 2 is 1.97 bits per heavy atom.